The van der Waals surface area contributed by atoms with Crippen LogP contribution in [-0.2, 0) is 39.1 Å². The van der Waals surface area contributed by atoms with Crippen LogP contribution in [-0.4, -0.2) is 5.11 Å². The van der Waals surface area contributed by atoms with Crippen molar-refractivity contribution in [1.29, 1.82) is 0 Å². The fraction of sp³-hybridized carbons (Fsp3) is 0.583. The molecule has 0 saturated heterocycles. The summed E-state index contributed by atoms with van der Waals surface area (Å²) in [6, 6.07) is 13.2. The van der Waals surface area contributed by atoms with E-state index in [1.165, 1.54) is 61.8 Å². The number of benzene rings is 1. The van der Waals surface area contributed by atoms with Gasteiger partial charge in [0.25, 0.3) is 0 Å². The van der Waals surface area contributed by atoms with Gasteiger partial charge in [-0.3, -0.25) is 0 Å². The third-order valence-electron chi connectivity index (χ3n) is 6.01. The molecule has 1 radical (unpaired) electrons. The minimum atomic E-state index is -0.294. The Kier molecular flexibility index (Phi) is 10.8. The van der Waals surface area contributed by atoms with E-state index in [0.29, 0.717) is 0 Å². The van der Waals surface area contributed by atoms with E-state index in [9.17, 15) is 5.11 Å². The molecule has 1 saturated carbocycles. The second kappa shape index (κ2) is 12.5. The summed E-state index contributed by atoms with van der Waals surface area (Å²) in [6.07, 6.45) is 12.0. The molecule has 27 heavy (non-hydrogen) atoms. The quantitative estimate of drug-likeness (QED) is 0.298. The number of thiophene rings is 1. The van der Waals surface area contributed by atoms with Crippen LogP contribution < -0.4 is 0 Å². The Labute approximate surface area is 194 Å². The fourth-order valence-corrected chi connectivity index (χ4v) is 5.15. The summed E-state index contributed by atoms with van der Waals surface area (Å²) < 4.78 is 0. The molecule has 1 aliphatic carbocycles. The van der Waals surface area contributed by atoms with Crippen LogP contribution in [0.2, 0.25) is 0 Å². The maximum absolute atomic E-state index is 10.4. The molecule has 3 rings (SSSR count). The molecule has 1 unspecified atom stereocenters. The molecule has 1 heterocycles. The van der Waals surface area contributed by atoms with Crippen LogP contribution in [0.25, 0.3) is 0 Å². The molecule has 145 valence electrons. The first-order valence-electron chi connectivity index (χ1n) is 10.5. The van der Waals surface area contributed by atoms with E-state index < -0.39 is 0 Å². The molecule has 0 bridgehead atoms. The average molecular weight is 459 g/mol. The first-order valence-corrected chi connectivity index (χ1v) is 11.3. The Morgan fingerprint density at radius 2 is 1.93 bits per heavy atom. The molecule has 1 aliphatic rings. The predicted molar refractivity (Wildman–Crippen MR) is 112 cm³/mol. The number of rotatable bonds is 10. The standard InChI is InChI=1S/C24H33OS.Y/c1-2-3-4-13-24(25)21-16-14-20(15-17-21)23-12-6-9-19(23)8-5-10-22-11-7-18-26-22;/h7,11,14-17,19,23-25H,2-6,8-10,12-13H2,1H3;/q-1;/t19-,23-,24?;/m0./s1. The molecule has 1 fully saturated rings. The molecule has 0 aliphatic heterocycles. The molecule has 0 amide bonds. The van der Waals surface area contributed by atoms with E-state index in [1.54, 1.807) is 11.3 Å². The number of aliphatic hydroxyl groups is 1. The number of aryl methyl sites for hydroxylation is 1. The van der Waals surface area contributed by atoms with Crippen molar-refractivity contribution in [3.8, 4) is 0 Å². The van der Waals surface area contributed by atoms with Crippen molar-refractivity contribution in [3.05, 3.63) is 57.8 Å². The minimum absolute atomic E-state index is 0. The molecule has 1 nitrogen and oxygen atoms in total. The SMILES string of the molecule is CCCCCC(O)c1ccc([C@H]2CCC[C@@H]2CCCc2cc[c-]s2)cc1.[Y]. The van der Waals surface area contributed by atoms with E-state index >= 15 is 0 Å². The second-order valence-corrected chi connectivity index (χ2v) is 8.85. The number of unbranched alkanes of at least 4 members (excludes halogenated alkanes) is 2. The van der Waals surface area contributed by atoms with Crippen molar-refractivity contribution < 1.29 is 37.8 Å². The van der Waals surface area contributed by atoms with Crippen molar-refractivity contribution >= 4 is 11.3 Å². The molecule has 3 atom stereocenters. The zero-order chi connectivity index (χ0) is 18.2. The third-order valence-corrected chi connectivity index (χ3v) is 6.87. The van der Waals surface area contributed by atoms with E-state index in [0.717, 1.165) is 30.2 Å². The van der Waals surface area contributed by atoms with Crippen molar-refractivity contribution in [3.63, 3.8) is 0 Å². The van der Waals surface area contributed by atoms with Gasteiger partial charge in [-0.15, -0.1) is 10.3 Å². The van der Waals surface area contributed by atoms with Crippen LogP contribution >= 0.6 is 11.3 Å². The third kappa shape index (κ3) is 7.07. The number of aliphatic hydroxyl groups excluding tert-OH is 1. The van der Waals surface area contributed by atoms with Crippen LogP contribution in [0, 0.1) is 11.3 Å². The van der Waals surface area contributed by atoms with Crippen LogP contribution in [0.15, 0.2) is 36.4 Å². The number of hydrogen-bond acceptors (Lipinski definition) is 2. The largest absolute Gasteiger partial charge is 0.388 e. The Bertz CT molecular complexity index is 622. The second-order valence-electron chi connectivity index (χ2n) is 7.89. The van der Waals surface area contributed by atoms with Gasteiger partial charge >= 0.3 is 0 Å². The van der Waals surface area contributed by atoms with Gasteiger partial charge < -0.3 is 16.4 Å². The molecule has 1 N–H and O–H groups in total. The van der Waals surface area contributed by atoms with E-state index in [2.05, 4.69) is 42.6 Å². The van der Waals surface area contributed by atoms with Gasteiger partial charge in [0.1, 0.15) is 0 Å². The summed E-state index contributed by atoms with van der Waals surface area (Å²) in [4.78, 5) is 1.47. The van der Waals surface area contributed by atoms with Crippen LogP contribution in [0.5, 0.6) is 0 Å². The smallest absolute Gasteiger partial charge is 0.0790 e. The topological polar surface area (TPSA) is 20.2 Å². The van der Waals surface area contributed by atoms with E-state index in [4.69, 9.17) is 0 Å². The first-order chi connectivity index (χ1) is 12.8. The maximum atomic E-state index is 10.4. The summed E-state index contributed by atoms with van der Waals surface area (Å²) in [6.45, 7) is 2.21. The Morgan fingerprint density at radius 1 is 1.11 bits per heavy atom. The summed E-state index contributed by atoms with van der Waals surface area (Å²) in [7, 11) is 0. The molecule has 2 aromatic rings. The zero-order valence-corrected chi connectivity index (χ0v) is 20.4. The van der Waals surface area contributed by atoms with Gasteiger partial charge in [-0.25, -0.2) is 6.07 Å². The van der Waals surface area contributed by atoms with Crippen molar-refractivity contribution in [2.75, 3.05) is 0 Å². The maximum Gasteiger partial charge on any atom is 0.0790 e. The molecule has 0 spiro atoms. The Hall–Kier alpha value is -0.0161. The van der Waals surface area contributed by atoms with Gasteiger partial charge in [0.2, 0.25) is 0 Å². The van der Waals surface area contributed by atoms with Gasteiger partial charge in [0.05, 0.1) is 6.10 Å². The van der Waals surface area contributed by atoms with Crippen molar-refractivity contribution in [1.82, 2.24) is 0 Å². The van der Waals surface area contributed by atoms with Gasteiger partial charge in [-0.1, -0.05) is 76.1 Å². The molecule has 3 heteroatoms. The van der Waals surface area contributed by atoms with Gasteiger partial charge in [-0.05, 0) is 42.2 Å². The average Bonchev–Trinajstić information content (AvgIpc) is 3.34. The van der Waals surface area contributed by atoms with E-state index in [1.807, 2.05) is 6.07 Å². The zero-order valence-electron chi connectivity index (χ0n) is 16.7. The Morgan fingerprint density at radius 3 is 2.63 bits per heavy atom. The number of hydrogen-bond donors (Lipinski definition) is 1. The summed E-state index contributed by atoms with van der Waals surface area (Å²) in [5.41, 5.74) is 2.58. The van der Waals surface area contributed by atoms with Crippen LogP contribution in [0.3, 0.4) is 0 Å². The van der Waals surface area contributed by atoms with Crippen LogP contribution in [0.4, 0.5) is 0 Å². The van der Waals surface area contributed by atoms with E-state index in [-0.39, 0.29) is 38.8 Å². The van der Waals surface area contributed by atoms with Gasteiger partial charge in [0.15, 0.2) is 0 Å². The normalized spacial score (nSPS) is 20.4. The molecular formula is C24H33OSY-. The molecular weight excluding hydrogens is 425 g/mol. The summed E-state index contributed by atoms with van der Waals surface area (Å²) in [5, 5.41) is 13.6. The predicted octanol–water partition coefficient (Wildman–Crippen LogP) is 7.07. The van der Waals surface area contributed by atoms with Gasteiger partial charge in [-0.2, -0.15) is 6.07 Å². The summed E-state index contributed by atoms with van der Waals surface area (Å²) in [5.74, 6) is 1.55. The first kappa shape index (κ1) is 23.3. The van der Waals surface area contributed by atoms with Crippen LogP contribution in [0.1, 0.15) is 92.7 Å². The van der Waals surface area contributed by atoms with Crippen molar-refractivity contribution in [2.24, 2.45) is 5.92 Å². The molecule has 1 aromatic heterocycles. The van der Waals surface area contributed by atoms with Crippen molar-refractivity contribution in [2.45, 2.75) is 83.2 Å². The molecule has 1 aromatic carbocycles. The Balaban J connectivity index is 0.00000261. The minimum Gasteiger partial charge on any atom is -0.388 e. The summed E-state index contributed by atoms with van der Waals surface area (Å²) >= 11 is 1.77. The van der Waals surface area contributed by atoms with Gasteiger partial charge in [0, 0.05) is 32.7 Å². The fourth-order valence-electron chi connectivity index (χ4n) is 4.48. The monoisotopic (exact) mass is 458 g/mol.